The molecule has 0 atom stereocenters. The highest BCUT2D eigenvalue weighted by Crippen LogP contribution is 2.33. The molecular weight excluding hydrogens is 512 g/mol. The molecule has 9 nitrogen and oxygen atoms in total. The van der Waals surface area contributed by atoms with Crippen LogP contribution in [0.5, 0.6) is 11.5 Å². The van der Waals surface area contributed by atoms with Crippen LogP contribution in [0.1, 0.15) is 37.4 Å². The lowest BCUT2D eigenvalue weighted by Gasteiger charge is -2.16. The van der Waals surface area contributed by atoms with Crippen LogP contribution in [-0.4, -0.2) is 30.0 Å². The van der Waals surface area contributed by atoms with Gasteiger partial charge in [-0.3, -0.25) is 14.9 Å². The maximum Gasteiger partial charge on any atom is 0.337 e. The van der Waals surface area contributed by atoms with E-state index in [2.05, 4.69) is 5.32 Å². The van der Waals surface area contributed by atoms with Crippen molar-refractivity contribution in [3.8, 4) is 11.5 Å². The highest BCUT2D eigenvalue weighted by atomic mass is 16.6. The molecule has 0 unspecified atom stereocenters. The normalized spacial score (nSPS) is 12.3. The maximum atomic E-state index is 13.3. The van der Waals surface area contributed by atoms with Gasteiger partial charge in [0.05, 0.1) is 23.3 Å². The first-order valence-corrected chi connectivity index (χ1v) is 12.6. The minimum Gasteiger partial charge on any atom is -0.487 e. The average molecular weight is 539 g/mol. The van der Waals surface area contributed by atoms with Gasteiger partial charge in [0.15, 0.2) is 5.75 Å². The Morgan fingerprint density at radius 2 is 1.52 bits per heavy atom. The van der Waals surface area contributed by atoms with E-state index >= 15 is 0 Å². The number of carbonyl (C=O) groups excluding carboxylic acids is 2. The minimum atomic E-state index is -0.548. The molecule has 0 saturated heterocycles. The van der Waals surface area contributed by atoms with Crippen LogP contribution in [0.25, 0.3) is 0 Å². The molecule has 0 radical (unpaired) electrons. The van der Waals surface area contributed by atoms with E-state index in [1.807, 2.05) is 54.6 Å². The number of methoxy groups -OCH3 is 1. The number of nitrogens with one attached hydrogen (secondary N) is 1. The molecule has 1 N–H and O–H groups in total. The molecule has 202 valence electrons. The lowest BCUT2D eigenvalue weighted by Crippen LogP contribution is -2.18. The number of ether oxygens (including phenoxy) is 3. The maximum absolute atomic E-state index is 13.3. The van der Waals surface area contributed by atoms with Gasteiger partial charge in [-0.2, -0.15) is 0 Å². The first kappa shape index (κ1) is 26.4. The van der Waals surface area contributed by atoms with Crippen molar-refractivity contribution >= 4 is 23.3 Å². The number of amides is 1. The Labute approximate surface area is 230 Å². The zero-order chi connectivity index (χ0) is 28.1. The second-order valence-corrected chi connectivity index (χ2v) is 9.29. The third-order valence-corrected chi connectivity index (χ3v) is 6.61. The van der Waals surface area contributed by atoms with E-state index in [0.29, 0.717) is 18.5 Å². The van der Waals surface area contributed by atoms with E-state index in [4.69, 9.17) is 14.2 Å². The number of hydrogen-bond acceptors (Lipinski definition) is 7. The van der Waals surface area contributed by atoms with Gasteiger partial charge in [-0.25, -0.2) is 4.79 Å². The van der Waals surface area contributed by atoms with E-state index in [-0.39, 0.29) is 41.0 Å². The number of nitro benzene ring substituents is 1. The van der Waals surface area contributed by atoms with Gasteiger partial charge in [-0.15, -0.1) is 0 Å². The SMILES string of the molecule is COC(=O)c1ccc(NC(=O)c2ccc([N+](=O)[O-])c(OC3Cc4ccccc4C3)c2)c(OCc2ccccc2)c1. The van der Waals surface area contributed by atoms with Crippen molar-refractivity contribution in [2.45, 2.75) is 25.6 Å². The lowest BCUT2D eigenvalue weighted by atomic mass is 10.1. The Morgan fingerprint density at radius 3 is 2.20 bits per heavy atom. The van der Waals surface area contributed by atoms with Gasteiger partial charge in [-0.05, 0) is 41.0 Å². The van der Waals surface area contributed by atoms with Crippen LogP contribution >= 0.6 is 0 Å². The fourth-order valence-corrected chi connectivity index (χ4v) is 4.60. The molecule has 0 aliphatic heterocycles. The molecule has 40 heavy (non-hydrogen) atoms. The number of anilines is 1. The van der Waals surface area contributed by atoms with E-state index in [1.165, 1.54) is 37.4 Å². The largest absolute Gasteiger partial charge is 0.487 e. The summed E-state index contributed by atoms with van der Waals surface area (Å²) < 4.78 is 16.8. The van der Waals surface area contributed by atoms with Crippen LogP contribution in [0, 0.1) is 10.1 Å². The van der Waals surface area contributed by atoms with Crippen molar-refractivity contribution in [2.75, 3.05) is 12.4 Å². The molecule has 1 aliphatic rings. The van der Waals surface area contributed by atoms with Gasteiger partial charge >= 0.3 is 11.7 Å². The fourth-order valence-electron chi connectivity index (χ4n) is 4.60. The van der Waals surface area contributed by atoms with Crippen molar-refractivity contribution in [1.29, 1.82) is 0 Å². The summed E-state index contributed by atoms with van der Waals surface area (Å²) in [5, 5.41) is 14.5. The molecule has 4 aromatic carbocycles. The number of nitro groups is 1. The first-order valence-electron chi connectivity index (χ1n) is 12.6. The Kier molecular flexibility index (Phi) is 7.72. The summed E-state index contributed by atoms with van der Waals surface area (Å²) in [4.78, 5) is 36.6. The molecule has 0 saturated carbocycles. The summed E-state index contributed by atoms with van der Waals surface area (Å²) in [6.45, 7) is 0.202. The number of hydrogen-bond donors (Lipinski definition) is 1. The van der Waals surface area contributed by atoms with Crippen LogP contribution < -0.4 is 14.8 Å². The number of benzene rings is 4. The summed E-state index contributed by atoms with van der Waals surface area (Å²) in [5.41, 5.74) is 3.70. The molecule has 0 bridgehead atoms. The molecule has 9 heteroatoms. The smallest absolute Gasteiger partial charge is 0.337 e. The zero-order valence-corrected chi connectivity index (χ0v) is 21.7. The quantitative estimate of drug-likeness (QED) is 0.164. The number of carbonyl (C=O) groups is 2. The Bertz CT molecular complexity index is 1540. The second kappa shape index (κ2) is 11.7. The van der Waals surface area contributed by atoms with Crippen molar-refractivity contribution in [3.05, 3.63) is 129 Å². The van der Waals surface area contributed by atoms with E-state index < -0.39 is 16.8 Å². The second-order valence-electron chi connectivity index (χ2n) is 9.29. The molecular formula is C31H26N2O7. The standard InChI is InChI=1S/C31H26N2O7/c1-38-31(35)24-11-13-26(28(18-24)39-19-20-7-3-2-4-8-20)32-30(34)23-12-14-27(33(36)37)29(17-23)40-25-15-21-9-5-6-10-22(21)16-25/h2-14,17-18,25H,15-16,19H2,1H3,(H,32,34). The van der Waals surface area contributed by atoms with Crippen LogP contribution in [0.4, 0.5) is 11.4 Å². The van der Waals surface area contributed by atoms with Gasteiger partial charge in [0.2, 0.25) is 0 Å². The van der Waals surface area contributed by atoms with Crippen LogP contribution in [-0.2, 0) is 24.2 Å². The van der Waals surface area contributed by atoms with Gasteiger partial charge in [0, 0.05) is 30.5 Å². The Balaban J connectivity index is 1.38. The van der Waals surface area contributed by atoms with E-state index in [0.717, 1.165) is 16.7 Å². The first-order chi connectivity index (χ1) is 19.4. The summed E-state index contributed by atoms with van der Waals surface area (Å²) in [6.07, 6.45) is 0.967. The summed E-state index contributed by atoms with van der Waals surface area (Å²) in [7, 11) is 1.28. The van der Waals surface area contributed by atoms with Crippen molar-refractivity contribution in [2.24, 2.45) is 0 Å². The summed E-state index contributed by atoms with van der Waals surface area (Å²) in [6, 6.07) is 25.9. The monoisotopic (exact) mass is 538 g/mol. The molecule has 0 heterocycles. The number of esters is 1. The number of nitrogens with zero attached hydrogens (tertiary/aromatic N) is 1. The molecule has 4 aromatic rings. The number of rotatable bonds is 9. The lowest BCUT2D eigenvalue weighted by molar-refractivity contribution is -0.386. The van der Waals surface area contributed by atoms with E-state index in [1.54, 1.807) is 6.07 Å². The third kappa shape index (κ3) is 5.94. The molecule has 1 aliphatic carbocycles. The van der Waals surface area contributed by atoms with Gasteiger partial charge in [0.25, 0.3) is 5.91 Å². The van der Waals surface area contributed by atoms with E-state index in [9.17, 15) is 19.7 Å². The van der Waals surface area contributed by atoms with Crippen molar-refractivity contribution in [1.82, 2.24) is 0 Å². The Morgan fingerprint density at radius 1 is 0.875 bits per heavy atom. The molecule has 1 amide bonds. The van der Waals surface area contributed by atoms with Gasteiger partial charge < -0.3 is 19.5 Å². The average Bonchev–Trinajstić information content (AvgIpc) is 3.39. The predicted octanol–water partition coefficient (Wildman–Crippen LogP) is 5.76. The highest BCUT2D eigenvalue weighted by Gasteiger charge is 2.27. The van der Waals surface area contributed by atoms with Crippen LogP contribution in [0.15, 0.2) is 91.0 Å². The molecule has 5 rings (SSSR count). The topological polar surface area (TPSA) is 117 Å². The summed E-state index contributed by atoms with van der Waals surface area (Å²) in [5.74, 6) is -0.780. The Hall–Kier alpha value is -5.18. The van der Waals surface area contributed by atoms with Crippen molar-refractivity contribution in [3.63, 3.8) is 0 Å². The predicted molar refractivity (Wildman–Crippen MR) is 148 cm³/mol. The third-order valence-electron chi connectivity index (χ3n) is 6.61. The van der Waals surface area contributed by atoms with Gasteiger partial charge in [0.1, 0.15) is 18.5 Å². The molecule has 0 fully saturated rings. The summed E-state index contributed by atoms with van der Waals surface area (Å²) >= 11 is 0. The van der Waals surface area contributed by atoms with Crippen LogP contribution in [0.3, 0.4) is 0 Å². The molecule has 0 aromatic heterocycles. The minimum absolute atomic E-state index is 0.0250. The molecule has 0 spiro atoms. The number of fused-ring (bicyclic) bond motifs is 1. The fraction of sp³-hybridized carbons (Fsp3) is 0.161. The zero-order valence-electron chi connectivity index (χ0n) is 21.7. The van der Waals surface area contributed by atoms with Crippen molar-refractivity contribution < 1.29 is 28.7 Å². The highest BCUT2D eigenvalue weighted by molar-refractivity contribution is 6.06. The van der Waals surface area contributed by atoms with Gasteiger partial charge in [-0.1, -0.05) is 54.6 Å². The van der Waals surface area contributed by atoms with Crippen LogP contribution in [0.2, 0.25) is 0 Å².